The third-order valence-electron chi connectivity index (χ3n) is 3.78. The minimum atomic E-state index is 0.143. The van der Waals surface area contributed by atoms with Crippen molar-refractivity contribution < 1.29 is 4.79 Å². The van der Waals surface area contributed by atoms with Gasteiger partial charge in [0.1, 0.15) is 0 Å². The third kappa shape index (κ3) is 3.04. The molecule has 19 heavy (non-hydrogen) atoms. The number of piperazine rings is 1. The van der Waals surface area contributed by atoms with E-state index in [2.05, 4.69) is 22.4 Å². The van der Waals surface area contributed by atoms with Crippen molar-refractivity contribution >= 4 is 11.5 Å². The van der Waals surface area contributed by atoms with Crippen LogP contribution in [0.3, 0.4) is 0 Å². The molecule has 3 heteroatoms. The highest BCUT2D eigenvalue weighted by Crippen LogP contribution is 2.24. The van der Waals surface area contributed by atoms with Gasteiger partial charge in [-0.05, 0) is 25.5 Å². The van der Waals surface area contributed by atoms with E-state index in [1.165, 1.54) is 5.69 Å². The highest BCUT2D eigenvalue weighted by Gasteiger charge is 2.18. The first-order valence-electron chi connectivity index (χ1n) is 6.82. The van der Waals surface area contributed by atoms with Gasteiger partial charge < -0.3 is 4.90 Å². The maximum absolute atomic E-state index is 11.6. The van der Waals surface area contributed by atoms with E-state index in [-0.39, 0.29) is 5.78 Å². The monoisotopic (exact) mass is 258 g/mol. The summed E-state index contributed by atoms with van der Waals surface area (Å²) in [6, 6.07) is 6.01. The molecular formula is C16H22N2O. The number of benzene rings is 1. The lowest BCUT2D eigenvalue weighted by molar-refractivity contribution is 0.101. The van der Waals surface area contributed by atoms with Crippen LogP contribution in [0.2, 0.25) is 0 Å². The van der Waals surface area contributed by atoms with Crippen molar-refractivity contribution in [3.8, 4) is 0 Å². The maximum atomic E-state index is 11.6. The summed E-state index contributed by atoms with van der Waals surface area (Å²) in [7, 11) is 0. The molecule has 1 fully saturated rings. The Labute approximate surface area is 115 Å². The van der Waals surface area contributed by atoms with Crippen molar-refractivity contribution in [2.45, 2.75) is 13.8 Å². The summed E-state index contributed by atoms with van der Waals surface area (Å²) < 4.78 is 0. The molecule has 0 bridgehead atoms. The third-order valence-corrected chi connectivity index (χ3v) is 3.78. The predicted octanol–water partition coefficient (Wildman–Crippen LogP) is 2.51. The molecule has 1 aromatic carbocycles. The van der Waals surface area contributed by atoms with Crippen LogP contribution < -0.4 is 4.90 Å². The Kier molecular flexibility index (Phi) is 4.38. The highest BCUT2D eigenvalue weighted by molar-refractivity contribution is 5.96. The molecule has 2 rings (SSSR count). The average Bonchev–Trinajstić information content (AvgIpc) is 2.40. The zero-order valence-electron chi connectivity index (χ0n) is 11.9. The zero-order valence-corrected chi connectivity index (χ0v) is 11.9. The molecule has 1 aliphatic rings. The Bertz CT molecular complexity index is 474. The standard InChI is InChI=1S/C16H22N2O/c1-4-8-17-9-11-18(12-10-17)16-7-5-6-15(13(16)2)14(3)19/h4-7H,1,8-12H2,2-3H3. The minimum absolute atomic E-state index is 0.143. The van der Waals surface area contributed by atoms with Gasteiger partial charge in [0.2, 0.25) is 0 Å². The molecule has 1 heterocycles. The molecule has 0 saturated carbocycles. The summed E-state index contributed by atoms with van der Waals surface area (Å²) in [5.74, 6) is 0.143. The van der Waals surface area contributed by atoms with Crippen LogP contribution in [0.1, 0.15) is 22.8 Å². The van der Waals surface area contributed by atoms with Crippen molar-refractivity contribution in [3.05, 3.63) is 42.0 Å². The average molecular weight is 258 g/mol. The first kappa shape index (κ1) is 13.8. The number of anilines is 1. The molecule has 1 aromatic rings. The molecule has 0 aromatic heterocycles. The second-order valence-electron chi connectivity index (χ2n) is 5.08. The number of hydrogen-bond acceptors (Lipinski definition) is 3. The van der Waals surface area contributed by atoms with Gasteiger partial charge in [-0.15, -0.1) is 6.58 Å². The van der Waals surface area contributed by atoms with Gasteiger partial charge >= 0.3 is 0 Å². The number of carbonyl (C=O) groups excluding carboxylic acids is 1. The smallest absolute Gasteiger partial charge is 0.160 e. The van der Waals surface area contributed by atoms with Gasteiger partial charge in [0.05, 0.1) is 0 Å². The van der Waals surface area contributed by atoms with Gasteiger partial charge in [0.15, 0.2) is 5.78 Å². The lowest BCUT2D eigenvalue weighted by Crippen LogP contribution is -2.46. The van der Waals surface area contributed by atoms with Gasteiger partial charge in [-0.1, -0.05) is 18.2 Å². The van der Waals surface area contributed by atoms with E-state index in [1.54, 1.807) is 6.92 Å². The fraction of sp³-hybridized carbons (Fsp3) is 0.438. The molecule has 102 valence electrons. The first-order chi connectivity index (χ1) is 9.13. The molecule has 1 saturated heterocycles. The van der Waals surface area contributed by atoms with Crippen molar-refractivity contribution in [1.29, 1.82) is 0 Å². The molecule has 3 nitrogen and oxygen atoms in total. The fourth-order valence-electron chi connectivity index (χ4n) is 2.70. The van der Waals surface area contributed by atoms with E-state index in [0.29, 0.717) is 0 Å². The number of Topliss-reactive ketones (excluding diaryl/α,β-unsaturated/α-hetero) is 1. The fourth-order valence-corrected chi connectivity index (χ4v) is 2.70. The van der Waals surface area contributed by atoms with Gasteiger partial charge in [-0.2, -0.15) is 0 Å². The van der Waals surface area contributed by atoms with Crippen LogP contribution in [-0.2, 0) is 0 Å². The van der Waals surface area contributed by atoms with Crippen LogP contribution in [0.4, 0.5) is 5.69 Å². The Hall–Kier alpha value is -1.61. The molecule has 0 N–H and O–H groups in total. The SMILES string of the molecule is C=CCN1CCN(c2cccc(C(C)=O)c2C)CC1. The summed E-state index contributed by atoms with van der Waals surface area (Å²) in [5.41, 5.74) is 3.14. The van der Waals surface area contributed by atoms with E-state index < -0.39 is 0 Å². The molecule has 0 amide bonds. The quantitative estimate of drug-likeness (QED) is 0.612. The van der Waals surface area contributed by atoms with Crippen molar-refractivity contribution in [3.63, 3.8) is 0 Å². The second-order valence-corrected chi connectivity index (χ2v) is 5.08. The lowest BCUT2D eigenvalue weighted by atomic mass is 10.0. The Morgan fingerprint density at radius 1 is 1.32 bits per heavy atom. The minimum Gasteiger partial charge on any atom is -0.369 e. The Morgan fingerprint density at radius 3 is 2.58 bits per heavy atom. The van der Waals surface area contributed by atoms with Crippen LogP contribution >= 0.6 is 0 Å². The summed E-state index contributed by atoms with van der Waals surface area (Å²) in [6.45, 7) is 12.5. The molecule has 0 radical (unpaired) electrons. The molecule has 0 atom stereocenters. The van der Waals surface area contributed by atoms with E-state index in [4.69, 9.17) is 0 Å². The summed E-state index contributed by atoms with van der Waals surface area (Å²) >= 11 is 0. The number of carbonyl (C=O) groups is 1. The summed E-state index contributed by atoms with van der Waals surface area (Å²) in [6.07, 6.45) is 1.96. The van der Waals surface area contributed by atoms with E-state index in [0.717, 1.165) is 43.9 Å². The molecule has 0 aliphatic carbocycles. The molecular weight excluding hydrogens is 236 g/mol. The van der Waals surface area contributed by atoms with Crippen molar-refractivity contribution in [2.24, 2.45) is 0 Å². The van der Waals surface area contributed by atoms with Gasteiger partial charge in [-0.3, -0.25) is 9.69 Å². The predicted molar refractivity (Wildman–Crippen MR) is 80.0 cm³/mol. The normalized spacial score (nSPS) is 16.4. The van der Waals surface area contributed by atoms with Crippen LogP contribution in [0.15, 0.2) is 30.9 Å². The van der Waals surface area contributed by atoms with Crippen molar-refractivity contribution in [2.75, 3.05) is 37.6 Å². The van der Waals surface area contributed by atoms with E-state index in [9.17, 15) is 4.79 Å². The maximum Gasteiger partial charge on any atom is 0.160 e. The second kappa shape index (κ2) is 6.02. The van der Waals surface area contributed by atoms with Crippen molar-refractivity contribution in [1.82, 2.24) is 4.90 Å². The van der Waals surface area contributed by atoms with Crippen LogP contribution in [0.5, 0.6) is 0 Å². The number of ketones is 1. The largest absolute Gasteiger partial charge is 0.369 e. The number of nitrogens with zero attached hydrogens (tertiary/aromatic N) is 2. The summed E-state index contributed by atoms with van der Waals surface area (Å²) in [4.78, 5) is 16.4. The van der Waals surface area contributed by atoms with E-state index >= 15 is 0 Å². The molecule has 0 unspecified atom stereocenters. The van der Waals surface area contributed by atoms with Crippen LogP contribution in [0.25, 0.3) is 0 Å². The zero-order chi connectivity index (χ0) is 13.8. The van der Waals surface area contributed by atoms with Gasteiger partial charge in [-0.25, -0.2) is 0 Å². The lowest BCUT2D eigenvalue weighted by Gasteiger charge is -2.36. The van der Waals surface area contributed by atoms with Gasteiger partial charge in [0, 0.05) is 44.0 Å². The van der Waals surface area contributed by atoms with E-state index in [1.807, 2.05) is 25.1 Å². The van der Waals surface area contributed by atoms with Crippen LogP contribution in [0, 0.1) is 6.92 Å². The molecule has 1 aliphatic heterocycles. The number of rotatable bonds is 4. The van der Waals surface area contributed by atoms with Crippen LogP contribution in [-0.4, -0.2) is 43.4 Å². The highest BCUT2D eigenvalue weighted by atomic mass is 16.1. The Balaban J connectivity index is 2.13. The summed E-state index contributed by atoms with van der Waals surface area (Å²) in [5, 5.41) is 0. The molecule has 0 spiro atoms. The van der Waals surface area contributed by atoms with Gasteiger partial charge in [0.25, 0.3) is 0 Å². The first-order valence-corrected chi connectivity index (χ1v) is 6.82. The topological polar surface area (TPSA) is 23.6 Å². The number of hydrogen-bond donors (Lipinski definition) is 0. The Morgan fingerprint density at radius 2 is 2.00 bits per heavy atom.